The van der Waals surface area contributed by atoms with E-state index in [1.807, 2.05) is 42.5 Å². The Morgan fingerprint density at radius 2 is 1.86 bits per heavy atom. The Bertz CT molecular complexity index is 847. The number of carbonyl (C=O) groups excluding carboxylic acids is 1. The molecule has 0 aliphatic heterocycles. The highest BCUT2D eigenvalue weighted by Gasteiger charge is 2.12. The number of ether oxygens (including phenoxy) is 1. The van der Waals surface area contributed by atoms with Crippen LogP contribution in [0.5, 0.6) is 5.75 Å². The summed E-state index contributed by atoms with van der Waals surface area (Å²) < 4.78 is 11.3. The summed E-state index contributed by atoms with van der Waals surface area (Å²) in [4.78, 5) is 13.9. The summed E-state index contributed by atoms with van der Waals surface area (Å²) in [6.07, 6.45) is 2.47. The van der Waals surface area contributed by atoms with Crippen LogP contribution in [0.4, 0.5) is 0 Å². The molecule has 28 heavy (non-hydrogen) atoms. The van der Waals surface area contributed by atoms with E-state index in [0.717, 1.165) is 30.0 Å². The van der Waals surface area contributed by atoms with Gasteiger partial charge in [-0.1, -0.05) is 42.5 Å². The normalized spacial score (nSPS) is 10.8. The first-order valence-electron chi connectivity index (χ1n) is 9.44. The molecule has 0 aliphatic carbocycles. The number of nitrogens with zero attached hydrogens (tertiary/aromatic N) is 1. The number of likely N-dealkylation sites (N-methyl/N-ethyl adjacent to an activating group) is 1. The largest absolute Gasteiger partial charge is 0.489 e. The zero-order valence-electron chi connectivity index (χ0n) is 16.1. The van der Waals surface area contributed by atoms with Gasteiger partial charge in [-0.05, 0) is 41.8 Å². The Balaban J connectivity index is 1.57. The number of rotatable bonds is 10. The molecule has 0 aliphatic rings. The second kappa shape index (κ2) is 10.3. The fourth-order valence-corrected chi connectivity index (χ4v) is 2.94. The average Bonchev–Trinajstić information content (AvgIpc) is 3.24. The molecule has 0 unspecified atom stereocenters. The third kappa shape index (κ3) is 6.28. The van der Waals surface area contributed by atoms with Crippen LogP contribution in [-0.4, -0.2) is 30.9 Å². The summed E-state index contributed by atoms with van der Waals surface area (Å²) in [5.74, 6) is 1.69. The molecule has 1 amide bonds. The second-order valence-electron chi connectivity index (χ2n) is 6.63. The van der Waals surface area contributed by atoms with Crippen molar-refractivity contribution in [3.05, 3.63) is 89.9 Å². The number of benzene rings is 2. The Labute approximate surface area is 165 Å². The lowest BCUT2D eigenvalue weighted by molar-refractivity contribution is -0.121. The molecule has 0 bridgehead atoms. The Hall–Kier alpha value is -3.05. The van der Waals surface area contributed by atoms with Crippen LogP contribution in [-0.2, 0) is 24.4 Å². The highest BCUT2D eigenvalue weighted by Crippen LogP contribution is 2.16. The van der Waals surface area contributed by atoms with Crippen LogP contribution in [0.15, 0.2) is 77.4 Å². The Morgan fingerprint density at radius 1 is 1.04 bits per heavy atom. The third-order valence-corrected chi connectivity index (χ3v) is 4.47. The molecule has 0 radical (unpaired) electrons. The van der Waals surface area contributed by atoms with Gasteiger partial charge in [-0.3, -0.25) is 9.69 Å². The van der Waals surface area contributed by atoms with Gasteiger partial charge in [0, 0.05) is 13.6 Å². The lowest BCUT2D eigenvalue weighted by atomic mass is 10.1. The van der Waals surface area contributed by atoms with E-state index >= 15 is 0 Å². The summed E-state index contributed by atoms with van der Waals surface area (Å²) in [5.41, 5.74) is 2.31. The van der Waals surface area contributed by atoms with E-state index < -0.39 is 0 Å². The van der Waals surface area contributed by atoms with Gasteiger partial charge in [-0.2, -0.15) is 0 Å². The topological polar surface area (TPSA) is 54.7 Å². The standard InChI is InChI=1S/C23H26N2O3/c1-24-23(26)17-25(16-22-11-6-14-27-22)13-12-19-9-5-10-21(15-19)28-18-20-7-3-2-4-8-20/h2-11,14-15H,12-13,16-18H2,1H3,(H,24,26). The van der Waals surface area contributed by atoms with Crippen molar-refractivity contribution >= 4 is 5.91 Å². The number of nitrogens with one attached hydrogen (secondary N) is 1. The van der Waals surface area contributed by atoms with Crippen molar-refractivity contribution in [2.24, 2.45) is 0 Å². The van der Waals surface area contributed by atoms with E-state index in [1.165, 1.54) is 5.56 Å². The summed E-state index contributed by atoms with van der Waals surface area (Å²) in [6.45, 7) is 2.23. The lowest BCUT2D eigenvalue weighted by Crippen LogP contribution is -2.36. The van der Waals surface area contributed by atoms with E-state index in [9.17, 15) is 4.79 Å². The van der Waals surface area contributed by atoms with E-state index in [4.69, 9.17) is 9.15 Å². The molecule has 1 aromatic heterocycles. The highest BCUT2D eigenvalue weighted by atomic mass is 16.5. The molecule has 0 saturated heterocycles. The summed E-state index contributed by atoms with van der Waals surface area (Å²) in [5, 5.41) is 2.68. The van der Waals surface area contributed by atoms with Crippen molar-refractivity contribution in [1.29, 1.82) is 0 Å². The molecular weight excluding hydrogens is 352 g/mol. The van der Waals surface area contributed by atoms with Crippen LogP contribution in [0, 0.1) is 0 Å². The molecule has 5 heteroatoms. The van der Waals surface area contributed by atoms with Gasteiger partial charge in [-0.15, -0.1) is 0 Å². The molecule has 1 heterocycles. The van der Waals surface area contributed by atoms with Crippen molar-refractivity contribution in [3.63, 3.8) is 0 Å². The zero-order chi connectivity index (χ0) is 19.6. The maximum absolute atomic E-state index is 11.8. The van der Waals surface area contributed by atoms with Crippen molar-refractivity contribution in [1.82, 2.24) is 10.2 Å². The highest BCUT2D eigenvalue weighted by molar-refractivity contribution is 5.77. The number of hydrogen-bond donors (Lipinski definition) is 1. The van der Waals surface area contributed by atoms with Gasteiger partial charge in [-0.25, -0.2) is 0 Å². The molecule has 3 rings (SSSR count). The molecule has 0 saturated carbocycles. The monoisotopic (exact) mass is 378 g/mol. The molecule has 0 atom stereocenters. The lowest BCUT2D eigenvalue weighted by Gasteiger charge is -2.20. The minimum Gasteiger partial charge on any atom is -0.489 e. The molecule has 0 fully saturated rings. The van der Waals surface area contributed by atoms with Gasteiger partial charge < -0.3 is 14.5 Å². The predicted octanol–water partition coefficient (Wildman–Crippen LogP) is 3.65. The number of hydrogen-bond acceptors (Lipinski definition) is 4. The minimum absolute atomic E-state index is 0.00787. The van der Waals surface area contributed by atoms with E-state index in [1.54, 1.807) is 13.3 Å². The van der Waals surface area contributed by atoms with Gasteiger partial charge in [0.15, 0.2) is 0 Å². The summed E-state index contributed by atoms with van der Waals surface area (Å²) in [7, 11) is 1.65. The van der Waals surface area contributed by atoms with Crippen LogP contribution in [0.25, 0.3) is 0 Å². The first-order chi connectivity index (χ1) is 13.7. The van der Waals surface area contributed by atoms with E-state index in [2.05, 4.69) is 34.5 Å². The van der Waals surface area contributed by atoms with Crippen LogP contribution in [0.1, 0.15) is 16.9 Å². The fraction of sp³-hybridized carbons (Fsp3) is 0.261. The maximum atomic E-state index is 11.8. The van der Waals surface area contributed by atoms with Crippen molar-refractivity contribution in [2.45, 2.75) is 19.6 Å². The zero-order valence-corrected chi connectivity index (χ0v) is 16.1. The number of amides is 1. The number of furan rings is 1. The molecule has 1 N–H and O–H groups in total. The maximum Gasteiger partial charge on any atom is 0.233 e. The van der Waals surface area contributed by atoms with Gasteiger partial charge in [0.05, 0.1) is 19.4 Å². The predicted molar refractivity (Wildman–Crippen MR) is 109 cm³/mol. The third-order valence-electron chi connectivity index (χ3n) is 4.47. The van der Waals surface area contributed by atoms with Gasteiger partial charge in [0.1, 0.15) is 18.1 Å². The SMILES string of the molecule is CNC(=O)CN(CCc1cccc(OCc2ccccc2)c1)Cc1ccco1. The molecule has 0 spiro atoms. The Morgan fingerprint density at radius 3 is 2.61 bits per heavy atom. The quantitative estimate of drug-likeness (QED) is 0.585. The van der Waals surface area contributed by atoms with Crippen molar-refractivity contribution < 1.29 is 13.9 Å². The summed E-state index contributed by atoms with van der Waals surface area (Å²) in [6, 6.07) is 22.0. The fourth-order valence-electron chi connectivity index (χ4n) is 2.94. The smallest absolute Gasteiger partial charge is 0.233 e. The van der Waals surface area contributed by atoms with Gasteiger partial charge in [0.2, 0.25) is 5.91 Å². The van der Waals surface area contributed by atoms with Crippen LogP contribution in [0.3, 0.4) is 0 Å². The first-order valence-corrected chi connectivity index (χ1v) is 9.44. The van der Waals surface area contributed by atoms with E-state index in [0.29, 0.717) is 19.7 Å². The Kier molecular flexibility index (Phi) is 7.27. The minimum atomic E-state index is -0.00787. The molecule has 3 aromatic rings. The first kappa shape index (κ1) is 19.7. The van der Waals surface area contributed by atoms with Crippen molar-refractivity contribution in [3.8, 4) is 5.75 Å². The molecule has 5 nitrogen and oxygen atoms in total. The van der Waals surface area contributed by atoms with Crippen LogP contribution >= 0.6 is 0 Å². The number of carbonyl (C=O) groups is 1. The molecule has 146 valence electrons. The second-order valence-corrected chi connectivity index (χ2v) is 6.63. The van der Waals surface area contributed by atoms with Gasteiger partial charge in [0.25, 0.3) is 0 Å². The van der Waals surface area contributed by atoms with E-state index in [-0.39, 0.29) is 5.91 Å². The van der Waals surface area contributed by atoms with Crippen LogP contribution < -0.4 is 10.1 Å². The van der Waals surface area contributed by atoms with Gasteiger partial charge >= 0.3 is 0 Å². The van der Waals surface area contributed by atoms with Crippen molar-refractivity contribution in [2.75, 3.05) is 20.1 Å². The molecular formula is C23H26N2O3. The molecule has 2 aromatic carbocycles. The van der Waals surface area contributed by atoms with Crippen LogP contribution in [0.2, 0.25) is 0 Å². The summed E-state index contributed by atoms with van der Waals surface area (Å²) >= 11 is 0. The average molecular weight is 378 g/mol.